The van der Waals surface area contributed by atoms with E-state index in [-0.39, 0.29) is 0 Å². The maximum atomic E-state index is 5.31. The maximum absolute atomic E-state index is 5.31. The van der Waals surface area contributed by atoms with E-state index in [0.29, 0.717) is 0 Å². The molecule has 3 rings (SSSR count). The van der Waals surface area contributed by atoms with Crippen molar-refractivity contribution < 1.29 is 4.42 Å². The summed E-state index contributed by atoms with van der Waals surface area (Å²) in [6.45, 7) is 8.99. The van der Waals surface area contributed by atoms with E-state index in [9.17, 15) is 0 Å². The van der Waals surface area contributed by atoms with E-state index in [2.05, 4.69) is 45.4 Å². The van der Waals surface area contributed by atoms with E-state index >= 15 is 0 Å². The molecule has 24 heavy (non-hydrogen) atoms. The number of unbranched alkanes of at least 4 members (excludes halogenated alkanes) is 1. The predicted octanol–water partition coefficient (Wildman–Crippen LogP) is 2.97. The Bertz CT molecular complexity index is 548. The number of furan rings is 1. The summed E-state index contributed by atoms with van der Waals surface area (Å²) < 4.78 is 5.31. The number of hydrogen-bond acceptors (Lipinski definition) is 4. The van der Waals surface area contributed by atoms with Gasteiger partial charge in [0, 0.05) is 32.7 Å². The highest BCUT2D eigenvalue weighted by molar-refractivity contribution is 5.14. The first kappa shape index (κ1) is 17.2. The molecule has 0 amide bonds. The molecule has 1 fully saturated rings. The minimum absolute atomic E-state index is 0.838. The molecule has 0 saturated carbocycles. The van der Waals surface area contributed by atoms with Crippen molar-refractivity contribution in [3.8, 4) is 0 Å². The molecule has 1 saturated heterocycles. The SMILES string of the molecule is c1ccc(CN2CCN(CCCCNCc3ccco3)CC2)cc1. The van der Waals surface area contributed by atoms with Crippen molar-refractivity contribution in [2.75, 3.05) is 39.3 Å². The van der Waals surface area contributed by atoms with E-state index in [1.54, 1.807) is 6.26 Å². The molecule has 0 aliphatic carbocycles. The molecule has 1 aliphatic rings. The lowest BCUT2D eigenvalue weighted by Crippen LogP contribution is -2.46. The van der Waals surface area contributed by atoms with Crippen LogP contribution in [0.4, 0.5) is 0 Å². The number of piperazine rings is 1. The number of benzene rings is 1. The molecule has 1 N–H and O–H groups in total. The third kappa shape index (κ3) is 5.78. The van der Waals surface area contributed by atoms with Gasteiger partial charge in [0.25, 0.3) is 0 Å². The Morgan fingerprint density at radius 1 is 0.875 bits per heavy atom. The lowest BCUT2D eigenvalue weighted by molar-refractivity contribution is 0.125. The molecular weight excluding hydrogens is 298 g/mol. The first-order valence-electron chi connectivity index (χ1n) is 9.12. The first-order chi connectivity index (χ1) is 11.9. The average Bonchev–Trinajstić information content (AvgIpc) is 3.14. The van der Waals surface area contributed by atoms with Crippen LogP contribution in [-0.4, -0.2) is 49.1 Å². The van der Waals surface area contributed by atoms with Crippen LogP contribution in [0.2, 0.25) is 0 Å². The van der Waals surface area contributed by atoms with E-state index in [4.69, 9.17) is 4.42 Å². The van der Waals surface area contributed by atoms with Crippen LogP contribution >= 0.6 is 0 Å². The molecule has 4 heteroatoms. The molecule has 0 radical (unpaired) electrons. The van der Waals surface area contributed by atoms with Crippen LogP contribution in [0.25, 0.3) is 0 Å². The van der Waals surface area contributed by atoms with Gasteiger partial charge in [-0.05, 0) is 43.6 Å². The highest BCUT2D eigenvalue weighted by Crippen LogP contribution is 2.09. The largest absolute Gasteiger partial charge is 0.468 e. The first-order valence-corrected chi connectivity index (χ1v) is 9.12. The predicted molar refractivity (Wildman–Crippen MR) is 97.8 cm³/mol. The lowest BCUT2D eigenvalue weighted by atomic mass is 10.2. The molecule has 130 valence electrons. The molecule has 4 nitrogen and oxygen atoms in total. The molecule has 1 aromatic carbocycles. The fraction of sp³-hybridized carbons (Fsp3) is 0.500. The van der Waals surface area contributed by atoms with Gasteiger partial charge in [0.15, 0.2) is 0 Å². The Hall–Kier alpha value is -1.62. The van der Waals surface area contributed by atoms with Gasteiger partial charge in [-0.1, -0.05) is 30.3 Å². The number of hydrogen-bond donors (Lipinski definition) is 1. The molecular formula is C20H29N3O. The zero-order chi connectivity index (χ0) is 16.5. The molecule has 1 aliphatic heterocycles. The van der Waals surface area contributed by atoms with Gasteiger partial charge in [-0.25, -0.2) is 0 Å². The third-order valence-electron chi connectivity index (χ3n) is 4.67. The van der Waals surface area contributed by atoms with E-state index in [1.807, 2.05) is 12.1 Å². The molecule has 0 bridgehead atoms. The number of rotatable bonds is 9. The van der Waals surface area contributed by atoms with Crippen LogP contribution < -0.4 is 5.32 Å². The number of nitrogens with zero attached hydrogens (tertiary/aromatic N) is 2. The van der Waals surface area contributed by atoms with E-state index in [0.717, 1.165) is 25.4 Å². The second-order valence-corrected chi connectivity index (χ2v) is 6.57. The van der Waals surface area contributed by atoms with Gasteiger partial charge in [0.05, 0.1) is 12.8 Å². The van der Waals surface area contributed by atoms with Gasteiger partial charge in [-0.3, -0.25) is 4.90 Å². The van der Waals surface area contributed by atoms with Crippen molar-refractivity contribution in [2.45, 2.75) is 25.9 Å². The Morgan fingerprint density at radius 3 is 2.42 bits per heavy atom. The van der Waals surface area contributed by atoms with Gasteiger partial charge in [-0.15, -0.1) is 0 Å². The van der Waals surface area contributed by atoms with Crippen molar-refractivity contribution in [3.05, 3.63) is 60.1 Å². The second-order valence-electron chi connectivity index (χ2n) is 6.57. The van der Waals surface area contributed by atoms with Gasteiger partial charge < -0.3 is 14.6 Å². The Balaban J connectivity index is 1.22. The molecule has 2 aromatic rings. The summed E-state index contributed by atoms with van der Waals surface area (Å²) in [7, 11) is 0. The Morgan fingerprint density at radius 2 is 1.67 bits per heavy atom. The summed E-state index contributed by atoms with van der Waals surface area (Å²) in [4.78, 5) is 5.17. The van der Waals surface area contributed by atoms with Crippen molar-refractivity contribution in [1.82, 2.24) is 15.1 Å². The minimum atomic E-state index is 0.838. The smallest absolute Gasteiger partial charge is 0.117 e. The van der Waals surface area contributed by atoms with Gasteiger partial charge in [-0.2, -0.15) is 0 Å². The summed E-state index contributed by atoms with van der Waals surface area (Å²) in [5.41, 5.74) is 1.42. The quantitative estimate of drug-likeness (QED) is 0.718. The van der Waals surface area contributed by atoms with Crippen molar-refractivity contribution >= 4 is 0 Å². The summed E-state index contributed by atoms with van der Waals surface area (Å²) in [6, 6.07) is 14.8. The zero-order valence-corrected chi connectivity index (χ0v) is 14.5. The van der Waals surface area contributed by atoms with Crippen LogP contribution in [0.3, 0.4) is 0 Å². The average molecular weight is 327 g/mol. The summed E-state index contributed by atoms with van der Waals surface area (Å²) in [5.74, 6) is 1.02. The van der Waals surface area contributed by atoms with Crippen LogP contribution in [0, 0.1) is 0 Å². The van der Waals surface area contributed by atoms with Crippen molar-refractivity contribution in [1.29, 1.82) is 0 Å². The van der Waals surface area contributed by atoms with E-state index in [1.165, 1.54) is 51.1 Å². The Kier molecular flexibility index (Phi) is 6.90. The van der Waals surface area contributed by atoms with Crippen LogP contribution in [0.15, 0.2) is 53.1 Å². The normalized spacial score (nSPS) is 16.5. The van der Waals surface area contributed by atoms with E-state index < -0.39 is 0 Å². The topological polar surface area (TPSA) is 31.6 Å². The fourth-order valence-corrected chi connectivity index (χ4v) is 3.22. The standard InChI is InChI=1S/C20H29N3O/c1-2-7-19(8-3-1)18-23-14-12-22(13-15-23)11-5-4-10-21-17-20-9-6-16-24-20/h1-3,6-9,16,21H,4-5,10-15,17-18H2. The number of nitrogens with one attached hydrogen (secondary N) is 1. The molecule has 2 heterocycles. The maximum Gasteiger partial charge on any atom is 0.117 e. The Labute approximate surface area is 145 Å². The van der Waals surface area contributed by atoms with Gasteiger partial charge in [0.1, 0.15) is 5.76 Å². The van der Waals surface area contributed by atoms with Crippen LogP contribution in [-0.2, 0) is 13.1 Å². The summed E-state index contributed by atoms with van der Waals surface area (Å²) in [5, 5.41) is 3.44. The summed E-state index contributed by atoms with van der Waals surface area (Å²) >= 11 is 0. The van der Waals surface area contributed by atoms with Crippen molar-refractivity contribution in [2.24, 2.45) is 0 Å². The van der Waals surface area contributed by atoms with Crippen molar-refractivity contribution in [3.63, 3.8) is 0 Å². The second kappa shape index (κ2) is 9.62. The lowest BCUT2D eigenvalue weighted by Gasteiger charge is -2.34. The highest BCUT2D eigenvalue weighted by atomic mass is 16.3. The van der Waals surface area contributed by atoms with Crippen LogP contribution in [0.1, 0.15) is 24.2 Å². The molecule has 0 atom stereocenters. The van der Waals surface area contributed by atoms with Crippen LogP contribution in [0.5, 0.6) is 0 Å². The third-order valence-corrected chi connectivity index (χ3v) is 4.67. The zero-order valence-electron chi connectivity index (χ0n) is 14.5. The minimum Gasteiger partial charge on any atom is -0.468 e. The summed E-state index contributed by atoms with van der Waals surface area (Å²) in [6.07, 6.45) is 4.23. The molecule has 1 aromatic heterocycles. The van der Waals surface area contributed by atoms with Gasteiger partial charge in [0.2, 0.25) is 0 Å². The molecule has 0 unspecified atom stereocenters. The van der Waals surface area contributed by atoms with Gasteiger partial charge >= 0.3 is 0 Å². The highest BCUT2D eigenvalue weighted by Gasteiger charge is 2.16. The fourth-order valence-electron chi connectivity index (χ4n) is 3.22. The molecule has 0 spiro atoms. The monoisotopic (exact) mass is 327 g/mol.